The highest BCUT2D eigenvalue weighted by molar-refractivity contribution is 4.94. The molecule has 0 atom stereocenters. The Kier molecular flexibility index (Phi) is 1.40. The van der Waals surface area contributed by atoms with E-state index in [4.69, 9.17) is 0 Å². The molecule has 0 radical (unpaired) electrons. The SMILES string of the molecule is c1ncn(Cc2ccon2)n1. The first kappa shape index (κ1) is 6.09. The summed E-state index contributed by atoms with van der Waals surface area (Å²) in [7, 11) is 0. The lowest BCUT2D eigenvalue weighted by Crippen LogP contribution is -1.99. The molecule has 0 aromatic carbocycles. The summed E-state index contributed by atoms with van der Waals surface area (Å²) in [5.41, 5.74) is 0.843. The number of hydrogen-bond acceptors (Lipinski definition) is 4. The summed E-state index contributed by atoms with van der Waals surface area (Å²) >= 11 is 0. The van der Waals surface area contributed by atoms with Crippen LogP contribution >= 0.6 is 0 Å². The Balaban J connectivity index is 2.14. The number of aromatic nitrogens is 4. The van der Waals surface area contributed by atoms with Gasteiger partial charge in [-0.25, -0.2) is 9.67 Å². The van der Waals surface area contributed by atoms with Crippen molar-refractivity contribution in [2.24, 2.45) is 0 Å². The van der Waals surface area contributed by atoms with Gasteiger partial charge in [0.15, 0.2) is 0 Å². The van der Waals surface area contributed by atoms with Gasteiger partial charge in [-0.2, -0.15) is 5.10 Å². The van der Waals surface area contributed by atoms with Gasteiger partial charge in [-0.15, -0.1) is 0 Å². The smallest absolute Gasteiger partial charge is 0.137 e. The molecule has 2 heterocycles. The summed E-state index contributed by atoms with van der Waals surface area (Å²) in [4.78, 5) is 3.80. The molecular formula is C6H6N4O. The van der Waals surface area contributed by atoms with E-state index in [0.717, 1.165) is 5.69 Å². The van der Waals surface area contributed by atoms with Gasteiger partial charge in [0.05, 0.1) is 6.54 Å². The van der Waals surface area contributed by atoms with Crippen molar-refractivity contribution in [3.8, 4) is 0 Å². The van der Waals surface area contributed by atoms with E-state index >= 15 is 0 Å². The zero-order valence-electron chi connectivity index (χ0n) is 5.71. The van der Waals surface area contributed by atoms with Crippen LogP contribution in [0.25, 0.3) is 0 Å². The van der Waals surface area contributed by atoms with E-state index in [1.807, 2.05) is 0 Å². The molecule has 0 saturated heterocycles. The third kappa shape index (κ3) is 1.26. The lowest BCUT2D eigenvalue weighted by molar-refractivity contribution is 0.408. The predicted molar refractivity (Wildman–Crippen MR) is 35.6 cm³/mol. The molecule has 2 aromatic heterocycles. The van der Waals surface area contributed by atoms with Crippen LogP contribution in [0.1, 0.15) is 5.69 Å². The molecular weight excluding hydrogens is 144 g/mol. The van der Waals surface area contributed by atoms with Gasteiger partial charge in [-0.3, -0.25) is 0 Å². The van der Waals surface area contributed by atoms with Crippen LogP contribution in [0.5, 0.6) is 0 Å². The standard InChI is InChI=1S/C6H6N4O/c1-2-11-9-6(1)3-10-5-7-4-8-10/h1-2,4-5H,3H2. The molecule has 11 heavy (non-hydrogen) atoms. The van der Waals surface area contributed by atoms with Gasteiger partial charge < -0.3 is 4.52 Å². The second-order valence-corrected chi connectivity index (χ2v) is 2.08. The van der Waals surface area contributed by atoms with Gasteiger partial charge in [-0.1, -0.05) is 5.16 Å². The summed E-state index contributed by atoms with van der Waals surface area (Å²) in [6, 6.07) is 1.79. The van der Waals surface area contributed by atoms with Gasteiger partial charge in [0.1, 0.15) is 24.6 Å². The predicted octanol–water partition coefficient (Wildman–Crippen LogP) is 0.314. The largest absolute Gasteiger partial charge is 0.364 e. The minimum absolute atomic E-state index is 0.608. The maximum atomic E-state index is 4.65. The Morgan fingerprint density at radius 3 is 3.18 bits per heavy atom. The van der Waals surface area contributed by atoms with Gasteiger partial charge in [-0.05, 0) is 0 Å². The van der Waals surface area contributed by atoms with Crippen molar-refractivity contribution < 1.29 is 4.52 Å². The third-order valence-corrected chi connectivity index (χ3v) is 1.28. The molecule has 0 fully saturated rings. The highest BCUT2D eigenvalue weighted by Gasteiger charge is 1.96. The molecule has 2 aromatic rings. The average Bonchev–Trinajstić information content (AvgIpc) is 2.60. The molecule has 2 rings (SSSR count). The molecule has 0 aliphatic rings. The van der Waals surface area contributed by atoms with Crippen molar-refractivity contribution in [2.75, 3.05) is 0 Å². The Hall–Kier alpha value is -1.65. The Morgan fingerprint density at radius 2 is 2.55 bits per heavy atom. The van der Waals surface area contributed by atoms with E-state index < -0.39 is 0 Å². The fraction of sp³-hybridized carbons (Fsp3) is 0.167. The van der Waals surface area contributed by atoms with Crippen LogP contribution in [0.3, 0.4) is 0 Å². The molecule has 0 aliphatic heterocycles. The maximum absolute atomic E-state index is 4.65. The maximum Gasteiger partial charge on any atom is 0.137 e. The summed E-state index contributed by atoms with van der Waals surface area (Å²) < 4.78 is 6.33. The number of nitrogens with zero attached hydrogens (tertiary/aromatic N) is 4. The first-order valence-corrected chi connectivity index (χ1v) is 3.17. The third-order valence-electron chi connectivity index (χ3n) is 1.28. The molecule has 5 heteroatoms. The normalized spacial score (nSPS) is 10.2. The van der Waals surface area contributed by atoms with Crippen molar-refractivity contribution in [1.29, 1.82) is 0 Å². The van der Waals surface area contributed by atoms with Gasteiger partial charge in [0.25, 0.3) is 0 Å². The minimum atomic E-state index is 0.608. The van der Waals surface area contributed by atoms with Crippen LogP contribution in [0.2, 0.25) is 0 Å². The van der Waals surface area contributed by atoms with Crippen LogP contribution in [0.15, 0.2) is 29.5 Å². The second kappa shape index (κ2) is 2.53. The van der Waals surface area contributed by atoms with E-state index in [-0.39, 0.29) is 0 Å². The first-order valence-electron chi connectivity index (χ1n) is 3.17. The van der Waals surface area contributed by atoms with Gasteiger partial charge >= 0.3 is 0 Å². The molecule has 0 aliphatic carbocycles. The Bertz CT molecular complexity index is 267. The monoisotopic (exact) mass is 150 g/mol. The van der Waals surface area contributed by atoms with Gasteiger partial charge in [0, 0.05) is 6.07 Å². The van der Waals surface area contributed by atoms with E-state index in [1.54, 1.807) is 17.1 Å². The highest BCUT2D eigenvalue weighted by Crippen LogP contribution is 1.95. The molecule has 0 saturated carbocycles. The lowest BCUT2D eigenvalue weighted by atomic mass is 10.4. The Labute approximate surface area is 62.6 Å². The molecule has 5 nitrogen and oxygen atoms in total. The fourth-order valence-corrected chi connectivity index (χ4v) is 0.799. The molecule has 0 N–H and O–H groups in total. The fourth-order valence-electron chi connectivity index (χ4n) is 0.799. The average molecular weight is 150 g/mol. The van der Waals surface area contributed by atoms with Crippen molar-refractivity contribution >= 4 is 0 Å². The van der Waals surface area contributed by atoms with E-state index in [2.05, 4.69) is 19.8 Å². The summed E-state index contributed by atoms with van der Waals surface area (Å²) in [5, 5.41) is 7.64. The molecule has 0 amide bonds. The second-order valence-electron chi connectivity index (χ2n) is 2.08. The minimum Gasteiger partial charge on any atom is -0.364 e. The summed E-state index contributed by atoms with van der Waals surface area (Å²) in [6.07, 6.45) is 4.65. The van der Waals surface area contributed by atoms with Crippen molar-refractivity contribution in [3.63, 3.8) is 0 Å². The van der Waals surface area contributed by atoms with Crippen LogP contribution in [0, 0.1) is 0 Å². The number of rotatable bonds is 2. The molecule has 0 spiro atoms. The highest BCUT2D eigenvalue weighted by atomic mass is 16.5. The van der Waals surface area contributed by atoms with Crippen LogP contribution in [0.4, 0.5) is 0 Å². The zero-order valence-corrected chi connectivity index (χ0v) is 5.71. The van der Waals surface area contributed by atoms with Crippen molar-refractivity contribution in [1.82, 2.24) is 19.9 Å². The lowest BCUT2D eigenvalue weighted by Gasteiger charge is -1.92. The van der Waals surface area contributed by atoms with Crippen LogP contribution < -0.4 is 0 Å². The summed E-state index contributed by atoms with van der Waals surface area (Å²) in [5.74, 6) is 0. The van der Waals surface area contributed by atoms with E-state index in [9.17, 15) is 0 Å². The molecule has 56 valence electrons. The van der Waals surface area contributed by atoms with Crippen LogP contribution in [-0.2, 0) is 6.54 Å². The first-order chi connectivity index (χ1) is 5.45. The zero-order chi connectivity index (χ0) is 7.52. The number of hydrogen-bond donors (Lipinski definition) is 0. The molecule has 0 unspecified atom stereocenters. The van der Waals surface area contributed by atoms with Crippen molar-refractivity contribution in [3.05, 3.63) is 30.7 Å². The summed E-state index contributed by atoms with van der Waals surface area (Å²) in [6.45, 7) is 0.608. The van der Waals surface area contributed by atoms with Crippen molar-refractivity contribution in [2.45, 2.75) is 6.54 Å². The topological polar surface area (TPSA) is 56.7 Å². The van der Waals surface area contributed by atoms with Crippen LogP contribution in [-0.4, -0.2) is 19.9 Å². The Morgan fingerprint density at radius 1 is 1.55 bits per heavy atom. The van der Waals surface area contributed by atoms with Gasteiger partial charge in [0.2, 0.25) is 0 Å². The molecule has 0 bridgehead atoms. The van der Waals surface area contributed by atoms with E-state index in [1.165, 1.54) is 12.6 Å². The quantitative estimate of drug-likeness (QED) is 0.618. The van der Waals surface area contributed by atoms with E-state index in [0.29, 0.717) is 6.54 Å².